The summed E-state index contributed by atoms with van der Waals surface area (Å²) in [6.07, 6.45) is 2.45. The number of anilines is 1. The molecule has 0 saturated carbocycles. The topological polar surface area (TPSA) is 64.4 Å². The van der Waals surface area contributed by atoms with E-state index < -0.39 is 0 Å². The van der Waals surface area contributed by atoms with Gasteiger partial charge >= 0.3 is 0 Å². The summed E-state index contributed by atoms with van der Waals surface area (Å²) in [5, 5.41) is 2.89. The molecule has 0 aliphatic carbocycles. The Morgan fingerprint density at radius 3 is 2.80 bits per heavy atom. The van der Waals surface area contributed by atoms with E-state index in [1.807, 2.05) is 54.6 Å². The predicted octanol–water partition coefficient (Wildman–Crippen LogP) is 4.06. The normalized spacial score (nSPS) is 10.6. The Kier molecular flexibility index (Phi) is 5.59. The van der Waals surface area contributed by atoms with Crippen LogP contribution in [0.2, 0.25) is 0 Å². The highest BCUT2D eigenvalue weighted by Gasteiger charge is 2.09. The van der Waals surface area contributed by atoms with Crippen LogP contribution < -0.4 is 5.32 Å². The van der Waals surface area contributed by atoms with Crippen molar-refractivity contribution in [1.29, 1.82) is 0 Å². The Bertz CT molecular complexity index is 828. The van der Waals surface area contributed by atoms with E-state index in [1.165, 1.54) is 0 Å². The van der Waals surface area contributed by atoms with Crippen molar-refractivity contribution in [1.82, 2.24) is 4.98 Å². The van der Waals surface area contributed by atoms with Crippen molar-refractivity contribution in [2.75, 3.05) is 12.4 Å². The smallest absolute Gasteiger partial charge is 0.224 e. The molecule has 0 radical (unpaired) electrons. The van der Waals surface area contributed by atoms with Gasteiger partial charge in [-0.1, -0.05) is 42.5 Å². The lowest BCUT2D eigenvalue weighted by atomic mass is 10.2. The summed E-state index contributed by atoms with van der Waals surface area (Å²) in [7, 11) is 1.64. The minimum atomic E-state index is -0.0750. The number of hydrogen-bond donors (Lipinski definition) is 1. The van der Waals surface area contributed by atoms with Gasteiger partial charge in [0, 0.05) is 31.2 Å². The van der Waals surface area contributed by atoms with E-state index >= 15 is 0 Å². The van der Waals surface area contributed by atoms with Gasteiger partial charge in [0.15, 0.2) is 11.7 Å². The molecule has 25 heavy (non-hydrogen) atoms. The van der Waals surface area contributed by atoms with Gasteiger partial charge in [-0.05, 0) is 17.7 Å². The van der Waals surface area contributed by atoms with Crippen LogP contribution in [0.4, 0.5) is 5.69 Å². The number of nitrogens with one attached hydrogen (secondary N) is 1. The molecule has 0 bridgehead atoms. The highest BCUT2D eigenvalue weighted by atomic mass is 16.5. The molecule has 0 spiro atoms. The zero-order chi connectivity index (χ0) is 17.5. The number of carbonyl (C=O) groups excluding carboxylic acids is 1. The third kappa shape index (κ3) is 4.78. The zero-order valence-electron chi connectivity index (χ0n) is 14.1. The fraction of sp³-hybridized carbons (Fsp3) is 0.200. The first-order valence-corrected chi connectivity index (χ1v) is 8.12. The highest BCUT2D eigenvalue weighted by Crippen LogP contribution is 2.20. The molecule has 3 aromatic rings. The van der Waals surface area contributed by atoms with Crippen LogP contribution in [0.3, 0.4) is 0 Å². The number of ether oxygens (including phenoxy) is 1. The molecule has 1 aromatic heterocycles. The van der Waals surface area contributed by atoms with Crippen molar-refractivity contribution in [3.05, 3.63) is 72.2 Å². The molecule has 1 amide bonds. The minimum Gasteiger partial charge on any atom is -0.441 e. The van der Waals surface area contributed by atoms with Crippen LogP contribution in [0.25, 0.3) is 11.3 Å². The highest BCUT2D eigenvalue weighted by molar-refractivity contribution is 5.90. The number of aryl methyl sites for hydroxylation is 1. The number of amides is 1. The quantitative estimate of drug-likeness (QED) is 0.707. The van der Waals surface area contributed by atoms with E-state index in [1.54, 1.807) is 13.3 Å². The van der Waals surface area contributed by atoms with E-state index in [0.717, 1.165) is 16.8 Å². The van der Waals surface area contributed by atoms with Crippen molar-refractivity contribution in [3.63, 3.8) is 0 Å². The Balaban J connectivity index is 1.54. The van der Waals surface area contributed by atoms with Crippen LogP contribution in [0, 0.1) is 0 Å². The van der Waals surface area contributed by atoms with Gasteiger partial charge in [-0.2, -0.15) is 0 Å². The minimum absolute atomic E-state index is 0.0750. The lowest BCUT2D eigenvalue weighted by Gasteiger charge is -2.06. The molecule has 5 nitrogen and oxygen atoms in total. The lowest BCUT2D eigenvalue weighted by molar-refractivity contribution is -0.116. The molecule has 128 valence electrons. The van der Waals surface area contributed by atoms with E-state index in [9.17, 15) is 4.79 Å². The number of carbonyl (C=O) groups is 1. The van der Waals surface area contributed by atoms with Crippen molar-refractivity contribution in [2.24, 2.45) is 0 Å². The summed E-state index contributed by atoms with van der Waals surface area (Å²) in [4.78, 5) is 16.4. The number of oxazole rings is 1. The second-order valence-electron chi connectivity index (χ2n) is 5.67. The van der Waals surface area contributed by atoms with Crippen LogP contribution in [0.15, 0.2) is 65.2 Å². The zero-order valence-corrected chi connectivity index (χ0v) is 14.1. The van der Waals surface area contributed by atoms with Gasteiger partial charge in [-0.25, -0.2) is 4.98 Å². The SMILES string of the molecule is COCc1cccc(NC(=O)CCc2ncc(-c3ccccc3)o2)c1. The Morgan fingerprint density at radius 2 is 2.00 bits per heavy atom. The largest absolute Gasteiger partial charge is 0.441 e. The van der Waals surface area contributed by atoms with Gasteiger partial charge in [-0.3, -0.25) is 4.79 Å². The molecular weight excluding hydrogens is 316 g/mol. The Labute approximate surface area is 146 Å². The van der Waals surface area contributed by atoms with Gasteiger partial charge in [0.25, 0.3) is 0 Å². The monoisotopic (exact) mass is 336 g/mol. The summed E-state index contributed by atoms with van der Waals surface area (Å²) in [6.45, 7) is 0.516. The fourth-order valence-corrected chi connectivity index (χ4v) is 2.51. The number of benzene rings is 2. The van der Waals surface area contributed by atoms with E-state index in [0.29, 0.717) is 31.1 Å². The molecule has 0 saturated heterocycles. The third-order valence-electron chi connectivity index (χ3n) is 3.70. The van der Waals surface area contributed by atoms with Gasteiger partial charge in [-0.15, -0.1) is 0 Å². The van der Waals surface area contributed by atoms with E-state index in [2.05, 4.69) is 10.3 Å². The van der Waals surface area contributed by atoms with Gasteiger partial charge < -0.3 is 14.5 Å². The van der Waals surface area contributed by atoms with Crippen molar-refractivity contribution in [3.8, 4) is 11.3 Å². The number of nitrogens with zero attached hydrogens (tertiary/aromatic N) is 1. The summed E-state index contributed by atoms with van der Waals surface area (Å²) >= 11 is 0. The molecular formula is C20H20N2O3. The summed E-state index contributed by atoms with van der Waals surface area (Å²) in [6, 6.07) is 17.4. The van der Waals surface area contributed by atoms with Crippen molar-refractivity contribution < 1.29 is 13.9 Å². The van der Waals surface area contributed by atoms with E-state index in [4.69, 9.17) is 9.15 Å². The molecule has 1 N–H and O–H groups in total. The Morgan fingerprint density at radius 1 is 1.16 bits per heavy atom. The summed E-state index contributed by atoms with van der Waals surface area (Å²) in [5.41, 5.74) is 2.75. The standard InChI is InChI=1S/C20H20N2O3/c1-24-14-15-6-5-9-17(12-15)22-19(23)10-11-20-21-13-18(25-20)16-7-3-2-4-8-16/h2-9,12-13H,10-11,14H2,1H3,(H,22,23). The van der Waals surface area contributed by atoms with Gasteiger partial charge in [0.05, 0.1) is 12.8 Å². The number of methoxy groups -OCH3 is 1. The third-order valence-corrected chi connectivity index (χ3v) is 3.70. The first kappa shape index (κ1) is 16.9. The second-order valence-corrected chi connectivity index (χ2v) is 5.67. The van der Waals surface area contributed by atoms with Crippen LogP contribution in [0.1, 0.15) is 17.9 Å². The van der Waals surface area contributed by atoms with Crippen LogP contribution in [-0.4, -0.2) is 18.0 Å². The average molecular weight is 336 g/mol. The van der Waals surface area contributed by atoms with Crippen LogP contribution in [-0.2, 0) is 22.6 Å². The molecule has 0 fully saturated rings. The average Bonchev–Trinajstić information content (AvgIpc) is 3.10. The number of aromatic nitrogens is 1. The molecule has 0 aliphatic rings. The second kappa shape index (κ2) is 8.26. The molecule has 1 heterocycles. The summed E-state index contributed by atoms with van der Waals surface area (Å²) in [5.74, 6) is 1.19. The van der Waals surface area contributed by atoms with Crippen molar-refractivity contribution >= 4 is 11.6 Å². The molecule has 5 heteroatoms. The van der Waals surface area contributed by atoms with E-state index in [-0.39, 0.29) is 5.91 Å². The van der Waals surface area contributed by atoms with Gasteiger partial charge in [0.2, 0.25) is 5.91 Å². The molecule has 0 unspecified atom stereocenters. The molecule has 0 atom stereocenters. The first-order valence-electron chi connectivity index (χ1n) is 8.12. The lowest BCUT2D eigenvalue weighted by Crippen LogP contribution is -2.12. The number of hydrogen-bond acceptors (Lipinski definition) is 4. The van der Waals surface area contributed by atoms with Gasteiger partial charge in [0.1, 0.15) is 0 Å². The Hall–Kier alpha value is -2.92. The maximum Gasteiger partial charge on any atom is 0.224 e. The number of rotatable bonds is 7. The molecule has 3 rings (SSSR count). The fourth-order valence-electron chi connectivity index (χ4n) is 2.51. The summed E-state index contributed by atoms with van der Waals surface area (Å²) < 4.78 is 10.8. The van der Waals surface area contributed by atoms with Crippen LogP contribution in [0.5, 0.6) is 0 Å². The first-order chi connectivity index (χ1) is 12.2. The molecule has 0 aliphatic heterocycles. The predicted molar refractivity (Wildman–Crippen MR) is 96.0 cm³/mol. The maximum absolute atomic E-state index is 12.1. The van der Waals surface area contributed by atoms with Crippen molar-refractivity contribution in [2.45, 2.75) is 19.4 Å². The maximum atomic E-state index is 12.1. The molecule has 2 aromatic carbocycles. The van der Waals surface area contributed by atoms with Crippen LogP contribution >= 0.6 is 0 Å².